The van der Waals surface area contributed by atoms with Crippen LogP contribution in [0.4, 0.5) is 35.1 Å². The first-order valence-corrected chi connectivity index (χ1v) is 9.99. The molecule has 0 aliphatic carbocycles. The van der Waals surface area contributed by atoms with Crippen LogP contribution in [-0.2, 0) is 0 Å². The third-order valence-electron chi connectivity index (χ3n) is 6.13. The summed E-state index contributed by atoms with van der Waals surface area (Å²) in [5.74, 6) is -4.75. The topological polar surface area (TPSA) is 6.48 Å². The van der Waals surface area contributed by atoms with E-state index in [4.69, 9.17) is 0 Å². The number of hydrogen-bond donors (Lipinski definition) is 0. The number of nitrogens with zero attached hydrogens (tertiary/aromatic N) is 2. The van der Waals surface area contributed by atoms with Gasteiger partial charge in [0, 0.05) is 26.2 Å². The van der Waals surface area contributed by atoms with E-state index in [-0.39, 0.29) is 38.9 Å². The number of hydrogen-bond acceptors (Lipinski definition) is 2. The molecule has 0 aromatic rings. The van der Waals surface area contributed by atoms with Crippen LogP contribution < -0.4 is 0 Å². The largest absolute Gasteiger partial charge is 0.430 e. The second-order valence-electron chi connectivity index (χ2n) is 8.22. The lowest BCUT2D eigenvalue weighted by Crippen LogP contribution is -2.57. The smallest absolute Gasteiger partial charge is 0.271 e. The first-order chi connectivity index (χ1) is 13.7. The fourth-order valence-corrected chi connectivity index (χ4v) is 4.15. The maximum Gasteiger partial charge on any atom is 0.430 e. The lowest BCUT2D eigenvalue weighted by molar-refractivity contribution is -0.253. The molecular formula is C20H28F8N2. The van der Waals surface area contributed by atoms with Crippen LogP contribution in [0, 0.1) is 5.92 Å². The molecule has 10 heteroatoms. The van der Waals surface area contributed by atoms with Gasteiger partial charge in [-0.1, -0.05) is 13.2 Å². The van der Waals surface area contributed by atoms with Crippen molar-refractivity contribution in [2.45, 2.75) is 69.4 Å². The zero-order chi connectivity index (χ0) is 22.9. The Morgan fingerprint density at radius 2 is 1.30 bits per heavy atom. The summed E-state index contributed by atoms with van der Waals surface area (Å²) >= 11 is 0. The highest BCUT2D eigenvalue weighted by Gasteiger charge is 2.64. The highest BCUT2D eigenvalue weighted by molar-refractivity contribution is 5.18. The van der Waals surface area contributed by atoms with E-state index in [2.05, 4.69) is 13.2 Å². The predicted octanol–water partition coefficient (Wildman–Crippen LogP) is 5.81. The third-order valence-corrected chi connectivity index (χ3v) is 6.13. The zero-order valence-electron chi connectivity index (χ0n) is 16.9. The first kappa shape index (κ1) is 25.1. The van der Waals surface area contributed by atoms with Crippen molar-refractivity contribution in [1.82, 2.24) is 9.80 Å². The van der Waals surface area contributed by atoms with E-state index < -0.39 is 54.0 Å². The van der Waals surface area contributed by atoms with Crippen LogP contribution in [0.15, 0.2) is 24.3 Å². The van der Waals surface area contributed by atoms with E-state index in [1.807, 2.05) is 0 Å². The van der Waals surface area contributed by atoms with Crippen LogP contribution in [-0.4, -0.2) is 66.3 Å². The van der Waals surface area contributed by atoms with Crippen LogP contribution in [0.1, 0.15) is 39.0 Å². The molecule has 0 N–H and O–H groups in total. The van der Waals surface area contributed by atoms with E-state index in [9.17, 15) is 35.1 Å². The molecule has 0 saturated carbocycles. The van der Waals surface area contributed by atoms with Gasteiger partial charge < -0.3 is 0 Å². The van der Waals surface area contributed by atoms with Gasteiger partial charge in [-0.3, -0.25) is 9.80 Å². The summed E-state index contributed by atoms with van der Waals surface area (Å²) in [5, 5.41) is 0. The van der Waals surface area contributed by atoms with Crippen LogP contribution in [0.2, 0.25) is 0 Å². The van der Waals surface area contributed by atoms with Crippen molar-refractivity contribution in [2.24, 2.45) is 5.92 Å². The van der Waals surface area contributed by atoms with Gasteiger partial charge in [0.1, 0.15) is 0 Å². The number of rotatable bonds is 7. The van der Waals surface area contributed by atoms with Crippen LogP contribution in [0.25, 0.3) is 0 Å². The maximum absolute atomic E-state index is 14.7. The normalized spacial score (nSPS) is 26.6. The van der Waals surface area contributed by atoms with Crippen molar-refractivity contribution in [1.29, 1.82) is 0 Å². The number of alkyl halides is 8. The van der Waals surface area contributed by atoms with Crippen molar-refractivity contribution >= 4 is 0 Å². The Balaban J connectivity index is 2.10. The van der Waals surface area contributed by atoms with Crippen molar-refractivity contribution in [3.8, 4) is 0 Å². The molecule has 2 fully saturated rings. The summed E-state index contributed by atoms with van der Waals surface area (Å²) in [7, 11) is 0. The van der Waals surface area contributed by atoms with Crippen LogP contribution >= 0.6 is 0 Å². The minimum atomic E-state index is -5.52. The molecule has 0 amide bonds. The molecule has 0 aromatic carbocycles. The molecule has 4 unspecified atom stereocenters. The predicted molar refractivity (Wildman–Crippen MR) is 98.3 cm³/mol. The van der Waals surface area contributed by atoms with Crippen molar-refractivity contribution < 1.29 is 35.1 Å². The molecule has 2 rings (SSSR count). The Morgan fingerprint density at radius 1 is 0.800 bits per heavy atom. The van der Waals surface area contributed by atoms with E-state index in [1.165, 1.54) is 0 Å². The molecule has 2 nitrogen and oxygen atoms in total. The molecule has 2 aliphatic rings. The van der Waals surface area contributed by atoms with Gasteiger partial charge in [-0.15, -0.1) is 0 Å². The van der Waals surface area contributed by atoms with Gasteiger partial charge in [0.2, 0.25) is 12.6 Å². The summed E-state index contributed by atoms with van der Waals surface area (Å²) in [4.78, 5) is 1.69. The van der Waals surface area contributed by atoms with E-state index >= 15 is 0 Å². The third kappa shape index (κ3) is 4.69. The van der Waals surface area contributed by atoms with E-state index in [0.29, 0.717) is 17.7 Å². The Morgan fingerprint density at radius 3 is 1.80 bits per heavy atom. The number of likely N-dealkylation sites (tertiary alicyclic amines) is 2. The first-order valence-electron chi connectivity index (χ1n) is 9.99. The monoisotopic (exact) mass is 448 g/mol. The molecule has 2 saturated heterocycles. The quantitative estimate of drug-likeness (QED) is 0.275. The molecular weight excluding hydrogens is 420 g/mol. The minimum Gasteiger partial charge on any atom is -0.271 e. The zero-order valence-corrected chi connectivity index (χ0v) is 16.9. The van der Waals surface area contributed by atoms with Crippen LogP contribution in [0.3, 0.4) is 0 Å². The molecule has 4 atom stereocenters. The van der Waals surface area contributed by atoms with Gasteiger partial charge in [-0.25, -0.2) is 13.2 Å². The second-order valence-corrected chi connectivity index (χ2v) is 8.22. The van der Waals surface area contributed by atoms with Crippen molar-refractivity contribution in [2.75, 3.05) is 26.2 Å². The van der Waals surface area contributed by atoms with Gasteiger partial charge in [0.05, 0.1) is 0 Å². The average Bonchev–Trinajstić information content (AvgIpc) is 3.08. The Hall–Kier alpha value is -1.16. The van der Waals surface area contributed by atoms with Gasteiger partial charge in [0.25, 0.3) is 5.67 Å². The summed E-state index contributed by atoms with van der Waals surface area (Å²) in [6.07, 6.45) is -9.93. The fourth-order valence-electron chi connectivity index (χ4n) is 4.15. The molecule has 0 aromatic heterocycles. The molecule has 2 heterocycles. The molecule has 0 spiro atoms. The lowest BCUT2D eigenvalue weighted by Gasteiger charge is -2.37. The van der Waals surface area contributed by atoms with E-state index in [0.717, 1.165) is 11.8 Å². The second kappa shape index (κ2) is 9.14. The van der Waals surface area contributed by atoms with Gasteiger partial charge in [0.15, 0.2) is 0 Å². The van der Waals surface area contributed by atoms with Crippen molar-refractivity contribution in [3.05, 3.63) is 24.3 Å². The highest BCUT2D eigenvalue weighted by atomic mass is 19.4. The minimum absolute atomic E-state index is 0.0466. The standard InChI is InChI=1S/C20H28F8N2/c1-13(2)18(23,20(26,27)28)16(21)30-11-6-7-15(8-12-30)14(3)19(24,25)17(22)29-9-4-5-10-29/h15-17H,1,3-12H2,2H3. The Bertz CT molecular complexity index is 629. The molecule has 0 radical (unpaired) electrons. The summed E-state index contributed by atoms with van der Waals surface area (Å²) in [6.45, 7) is 6.85. The summed E-state index contributed by atoms with van der Waals surface area (Å²) in [5.41, 5.74) is -5.94. The molecule has 30 heavy (non-hydrogen) atoms. The fraction of sp³-hybridized carbons (Fsp3) is 0.800. The van der Waals surface area contributed by atoms with Gasteiger partial charge in [-0.2, -0.15) is 22.0 Å². The van der Waals surface area contributed by atoms with Gasteiger partial charge >= 0.3 is 12.1 Å². The van der Waals surface area contributed by atoms with Crippen molar-refractivity contribution in [3.63, 3.8) is 0 Å². The van der Waals surface area contributed by atoms with Gasteiger partial charge in [-0.05, 0) is 56.1 Å². The lowest BCUT2D eigenvalue weighted by atomic mass is 9.88. The molecule has 174 valence electrons. The SMILES string of the molecule is C=C(C1CCCN(C(F)C(F)(C(=C)C)C(F)(F)F)CC1)C(F)(F)C(F)N1CCCC1. The van der Waals surface area contributed by atoms with E-state index in [1.54, 1.807) is 0 Å². The average molecular weight is 448 g/mol. The molecule has 0 bridgehead atoms. The molecule has 2 aliphatic heterocycles. The highest BCUT2D eigenvalue weighted by Crippen LogP contribution is 2.45. The summed E-state index contributed by atoms with van der Waals surface area (Å²) < 4.78 is 113. The summed E-state index contributed by atoms with van der Waals surface area (Å²) in [6, 6.07) is 0. The van der Waals surface area contributed by atoms with Crippen LogP contribution in [0.5, 0.6) is 0 Å². The number of halogens is 8. The Labute approximate surface area is 171 Å². The maximum atomic E-state index is 14.7. The Kier molecular flexibility index (Phi) is 7.65.